The minimum absolute atomic E-state index is 1.06. The molecule has 2 aromatic heterocycles. The van der Waals surface area contributed by atoms with Gasteiger partial charge in [0.2, 0.25) is 0 Å². The molecule has 80 heavy (non-hydrogen) atoms. The molecule has 0 spiro atoms. The Morgan fingerprint density at radius 1 is 0.338 bits per heavy atom. The lowest BCUT2D eigenvalue weighted by Crippen LogP contribution is -2.10. The van der Waals surface area contributed by atoms with Gasteiger partial charge in [0.05, 0.1) is 0 Å². The second-order valence-corrected chi connectivity index (χ2v) is 21.3. The predicted octanol–water partition coefficient (Wildman–Crippen LogP) is 23.4. The standard InChI is InChI=1S/C60H40N2S2.C11H12.C5H8/c1-3-13-45(14-4-1)61(49-37-29-43(30-38-49)51-19-11-21-55-53-17-7-9-23-57(53)63-59(51)55)47-33-25-41(26-34-47)42-27-35-48(36-28-42)62(46-15-5-2-6-16-46)50-39-31-44(32-40-50)52-20-12-22-56-54-18-8-10-24-58(54)64-60(52)56;1-3-7-10(2)11-8-5-4-6-9-11;1-3-5-4-2/h1-40H;3-9H,2H2,1H3;3-5H,1H2,2H3/b;7-3-;5-4-. The van der Waals surface area contributed by atoms with Gasteiger partial charge in [-0.1, -0.05) is 232 Å². The molecule has 4 heteroatoms. The van der Waals surface area contributed by atoms with Crippen LogP contribution in [0.15, 0.2) is 317 Å². The predicted molar refractivity (Wildman–Crippen MR) is 353 cm³/mol. The van der Waals surface area contributed by atoms with Gasteiger partial charge in [0.1, 0.15) is 0 Å². The average Bonchev–Trinajstić information content (AvgIpc) is 4.32. The number of benzene rings is 11. The Bertz CT molecular complexity index is 4010. The molecule has 0 unspecified atom stereocenters. The molecule has 0 saturated carbocycles. The molecule has 0 aliphatic rings. The number of nitrogens with zero attached hydrogens (tertiary/aromatic N) is 2. The summed E-state index contributed by atoms with van der Waals surface area (Å²) in [7, 11) is 0. The first-order valence-electron chi connectivity index (χ1n) is 27.0. The molecule has 0 aliphatic carbocycles. The highest BCUT2D eigenvalue weighted by atomic mass is 32.1. The second-order valence-electron chi connectivity index (χ2n) is 19.2. The van der Waals surface area contributed by atoms with Crippen molar-refractivity contribution in [3.05, 3.63) is 322 Å². The van der Waals surface area contributed by atoms with E-state index in [1.807, 2.05) is 79.0 Å². The van der Waals surface area contributed by atoms with E-state index < -0.39 is 0 Å². The third kappa shape index (κ3) is 11.4. The Morgan fingerprint density at radius 3 is 1.04 bits per heavy atom. The molecule has 0 bridgehead atoms. The summed E-state index contributed by atoms with van der Waals surface area (Å²) in [6.45, 7) is 11.3. The maximum atomic E-state index is 3.93. The smallest absolute Gasteiger partial charge is 0.0462 e. The first-order chi connectivity index (χ1) is 39.5. The lowest BCUT2D eigenvalue weighted by molar-refractivity contribution is 1.28. The molecule has 11 aromatic carbocycles. The largest absolute Gasteiger partial charge is 0.311 e. The van der Waals surface area contributed by atoms with Crippen LogP contribution in [-0.4, -0.2) is 0 Å². The van der Waals surface area contributed by atoms with Crippen LogP contribution in [0.25, 0.3) is 79.3 Å². The molecule has 386 valence electrons. The van der Waals surface area contributed by atoms with E-state index in [-0.39, 0.29) is 0 Å². The summed E-state index contributed by atoms with van der Waals surface area (Å²) < 4.78 is 5.31. The zero-order valence-electron chi connectivity index (χ0n) is 45.0. The maximum absolute atomic E-state index is 3.93. The maximum Gasteiger partial charge on any atom is 0.0462 e. The molecule has 0 N–H and O–H groups in total. The molecule has 0 amide bonds. The Morgan fingerprint density at radius 2 is 0.675 bits per heavy atom. The number of rotatable bonds is 12. The van der Waals surface area contributed by atoms with Gasteiger partial charge in [0.15, 0.2) is 0 Å². The van der Waals surface area contributed by atoms with Crippen molar-refractivity contribution in [3.63, 3.8) is 0 Å². The molecule has 13 aromatic rings. The van der Waals surface area contributed by atoms with Crippen LogP contribution in [0, 0.1) is 0 Å². The Hall–Kier alpha value is -9.58. The van der Waals surface area contributed by atoms with E-state index in [4.69, 9.17) is 0 Å². The van der Waals surface area contributed by atoms with Crippen molar-refractivity contribution in [1.29, 1.82) is 0 Å². The van der Waals surface area contributed by atoms with Crippen LogP contribution < -0.4 is 9.80 Å². The topological polar surface area (TPSA) is 6.48 Å². The number of para-hydroxylation sites is 2. The van der Waals surface area contributed by atoms with Crippen LogP contribution in [-0.2, 0) is 0 Å². The number of fused-ring (bicyclic) bond motifs is 6. The van der Waals surface area contributed by atoms with Gasteiger partial charge in [-0.25, -0.2) is 0 Å². The van der Waals surface area contributed by atoms with Crippen molar-refractivity contribution in [2.75, 3.05) is 9.80 Å². The van der Waals surface area contributed by atoms with E-state index in [2.05, 4.69) is 278 Å². The fourth-order valence-electron chi connectivity index (χ4n) is 10.3. The van der Waals surface area contributed by atoms with Gasteiger partial charge in [0, 0.05) is 74.5 Å². The summed E-state index contributed by atoms with van der Waals surface area (Å²) in [5.41, 5.74) is 16.2. The van der Waals surface area contributed by atoms with E-state index in [0.717, 1.165) is 39.7 Å². The molecular weight excluding hydrogens is 1000 g/mol. The van der Waals surface area contributed by atoms with E-state index >= 15 is 0 Å². The number of hydrogen-bond donors (Lipinski definition) is 0. The van der Waals surface area contributed by atoms with E-state index in [9.17, 15) is 0 Å². The summed E-state index contributed by atoms with van der Waals surface area (Å²) in [5.74, 6) is 0. The zero-order chi connectivity index (χ0) is 54.6. The number of hydrogen-bond acceptors (Lipinski definition) is 4. The van der Waals surface area contributed by atoms with Gasteiger partial charge in [-0.2, -0.15) is 0 Å². The van der Waals surface area contributed by atoms with Crippen LogP contribution in [0.2, 0.25) is 0 Å². The van der Waals surface area contributed by atoms with Gasteiger partial charge in [0.25, 0.3) is 0 Å². The van der Waals surface area contributed by atoms with Crippen molar-refractivity contribution in [1.82, 2.24) is 0 Å². The van der Waals surface area contributed by atoms with Crippen LogP contribution in [0.5, 0.6) is 0 Å². The number of thiophene rings is 2. The monoisotopic (exact) mass is 1060 g/mol. The molecule has 2 nitrogen and oxygen atoms in total. The van der Waals surface area contributed by atoms with Crippen LogP contribution in [0.3, 0.4) is 0 Å². The first kappa shape index (κ1) is 52.5. The molecule has 0 saturated heterocycles. The van der Waals surface area contributed by atoms with Crippen LogP contribution in [0.1, 0.15) is 19.4 Å². The third-order valence-corrected chi connectivity index (χ3v) is 16.6. The summed E-state index contributed by atoms with van der Waals surface area (Å²) in [6, 6.07) is 98.2. The molecule has 2 heterocycles. The van der Waals surface area contributed by atoms with Crippen molar-refractivity contribution >= 4 is 103 Å². The zero-order valence-corrected chi connectivity index (χ0v) is 46.6. The van der Waals surface area contributed by atoms with Gasteiger partial charge >= 0.3 is 0 Å². The molecule has 0 atom stereocenters. The lowest BCUT2D eigenvalue weighted by atomic mass is 10.0. The molecular formula is C76H60N2S2. The summed E-state index contributed by atoms with van der Waals surface area (Å²) in [5, 5.41) is 5.28. The minimum atomic E-state index is 1.06. The molecule has 0 radical (unpaired) electrons. The molecule has 0 fully saturated rings. The summed E-state index contributed by atoms with van der Waals surface area (Å²) >= 11 is 3.75. The third-order valence-electron chi connectivity index (χ3n) is 14.1. The highest BCUT2D eigenvalue weighted by molar-refractivity contribution is 7.26. The highest BCUT2D eigenvalue weighted by Gasteiger charge is 2.17. The van der Waals surface area contributed by atoms with Gasteiger partial charge in [-0.05, 0) is 143 Å². The average molecular weight is 1070 g/mol. The van der Waals surface area contributed by atoms with E-state index in [1.54, 1.807) is 6.08 Å². The molecule has 0 aliphatic heterocycles. The summed E-state index contributed by atoms with van der Waals surface area (Å²) in [4.78, 5) is 4.67. The second kappa shape index (κ2) is 24.8. The van der Waals surface area contributed by atoms with E-state index in [1.165, 1.54) is 79.3 Å². The van der Waals surface area contributed by atoms with Gasteiger partial charge in [-0.3, -0.25) is 0 Å². The van der Waals surface area contributed by atoms with Crippen LogP contribution >= 0.6 is 22.7 Å². The van der Waals surface area contributed by atoms with Crippen molar-refractivity contribution in [2.45, 2.75) is 13.8 Å². The van der Waals surface area contributed by atoms with E-state index in [0.29, 0.717) is 0 Å². The number of anilines is 6. The lowest BCUT2D eigenvalue weighted by Gasteiger charge is -2.26. The Labute approximate surface area is 478 Å². The highest BCUT2D eigenvalue weighted by Crippen LogP contribution is 2.44. The van der Waals surface area contributed by atoms with Gasteiger partial charge in [-0.15, -0.1) is 22.7 Å². The van der Waals surface area contributed by atoms with Crippen molar-refractivity contribution < 1.29 is 0 Å². The Balaban J connectivity index is 0.000000368. The fourth-order valence-corrected chi connectivity index (χ4v) is 12.7. The quantitative estimate of drug-likeness (QED) is 0.113. The SMILES string of the molecule is C=C(/C=C\C)c1ccccc1.C=C/C=C\C.c1ccc(N(c2ccc(-c3ccc(N(c4ccccc4)c4ccc(-c5cccc6c5sc5ccccc56)cc4)cc3)cc2)c2ccc(-c3cccc4c3sc3ccccc34)cc2)cc1. The van der Waals surface area contributed by atoms with Gasteiger partial charge < -0.3 is 9.80 Å². The van der Waals surface area contributed by atoms with Crippen molar-refractivity contribution in [3.8, 4) is 33.4 Å². The first-order valence-corrected chi connectivity index (χ1v) is 28.7. The minimum Gasteiger partial charge on any atom is -0.311 e. The number of allylic oxidation sites excluding steroid dienone is 6. The normalized spacial score (nSPS) is 11.1. The van der Waals surface area contributed by atoms with Crippen molar-refractivity contribution in [2.24, 2.45) is 0 Å². The Kier molecular flexibility index (Phi) is 16.3. The molecule has 13 rings (SSSR count). The fraction of sp³-hybridized carbons (Fsp3) is 0.0263. The van der Waals surface area contributed by atoms with Crippen LogP contribution in [0.4, 0.5) is 34.1 Å². The summed E-state index contributed by atoms with van der Waals surface area (Å²) in [6.07, 6.45) is 9.58.